The van der Waals surface area contributed by atoms with E-state index in [1.165, 1.54) is 12.1 Å². The summed E-state index contributed by atoms with van der Waals surface area (Å²) in [7, 11) is 0. The number of hydrogen-bond acceptors (Lipinski definition) is 3. The van der Waals surface area contributed by atoms with E-state index in [9.17, 15) is 0 Å². The van der Waals surface area contributed by atoms with Gasteiger partial charge in [0.25, 0.3) is 0 Å². The number of piperazine rings is 1. The third-order valence-corrected chi connectivity index (χ3v) is 4.04. The molecule has 1 N–H and O–H groups in total. The number of hydrogen-bond donors (Lipinski definition) is 1. The predicted octanol–water partition coefficient (Wildman–Crippen LogP) is 2.91. The monoisotopic (exact) mass is 262 g/mol. The standard InChI is InChI=1S/C16H26N2O/c1-4-13(3)14-12-18(11-10-17-14)15-8-6-7-9-16(15)19-5-2/h6-9,13-14,17H,4-5,10-12H2,1-3H3. The second kappa shape index (κ2) is 6.80. The van der Waals surface area contributed by atoms with Gasteiger partial charge in [0.1, 0.15) is 5.75 Å². The highest BCUT2D eigenvalue weighted by molar-refractivity contribution is 5.58. The summed E-state index contributed by atoms with van der Waals surface area (Å²) in [5.74, 6) is 1.72. The van der Waals surface area contributed by atoms with Crippen LogP contribution in [0.4, 0.5) is 5.69 Å². The first-order chi connectivity index (χ1) is 9.26. The first-order valence-corrected chi connectivity index (χ1v) is 7.46. The largest absolute Gasteiger partial charge is 0.492 e. The van der Waals surface area contributed by atoms with Crippen molar-refractivity contribution in [1.29, 1.82) is 0 Å². The summed E-state index contributed by atoms with van der Waals surface area (Å²) in [4.78, 5) is 2.46. The summed E-state index contributed by atoms with van der Waals surface area (Å²) >= 11 is 0. The normalized spacial score (nSPS) is 21.2. The van der Waals surface area contributed by atoms with Crippen molar-refractivity contribution < 1.29 is 4.74 Å². The molecule has 0 amide bonds. The van der Waals surface area contributed by atoms with Crippen LogP contribution in [0.15, 0.2) is 24.3 Å². The fourth-order valence-corrected chi connectivity index (χ4v) is 2.66. The van der Waals surface area contributed by atoms with Crippen molar-refractivity contribution in [2.45, 2.75) is 33.2 Å². The van der Waals surface area contributed by atoms with Gasteiger partial charge in [0, 0.05) is 25.7 Å². The Morgan fingerprint density at radius 1 is 1.37 bits per heavy atom. The molecule has 19 heavy (non-hydrogen) atoms. The summed E-state index contributed by atoms with van der Waals surface area (Å²) in [5, 5.41) is 3.64. The minimum atomic E-state index is 0.577. The minimum Gasteiger partial charge on any atom is -0.492 e. The van der Waals surface area contributed by atoms with Gasteiger partial charge in [-0.2, -0.15) is 0 Å². The fourth-order valence-electron chi connectivity index (χ4n) is 2.66. The number of para-hydroxylation sites is 2. The molecule has 0 radical (unpaired) electrons. The van der Waals surface area contributed by atoms with Crippen LogP contribution in [0, 0.1) is 5.92 Å². The van der Waals surface area contributed by atoms with E-state index >= 15 is 0 Å². The van der Waals surface area contributed by atoms with E-state index in [0.29, 0.717) is 12.0 Å². The second-order valence-corrected chi connectivity index (χ2v) is 5.29. The van der Waals surface area contributed by atoms with Gasteiger partial charge in [0.15, 0.2) is 0 Å². The maximum atomic E-state index is 5.75. The Morgan fingerprint density at radius 3 is 2.89 bits per heavy atom. The zero-order chi connectivity index (χ0) is 13.7. The van der Waals surface area contributed by atoms with Crippen LogP contribution in [0.5, 0.6) is 5.75 Å². The lowest BCUT2D eigenvalue weighted by Gasteiger charge is -2.38. The molecule has 2 unspecified atom stereocenters. The van der Waals surface area contributed by atoms with Gasteiger partial charge < -0.3 is 15.0 Å². The molecule has 0 aliphatic carbocycles. The van der Waals surface area contributed by atoms with Crippen molar-refractivity contribution in [2.24, 2.45) is 5.92 Å². The predicted molar refractivity (Wildman–Crippen MR) is 81.1 cm³/mol. The molecule has 1 aromatic rings. The lowest BCUT2D eigenvalue weighted by Crippen LogP contribution is -2.53. The maximum Gasteiger partial charge on any atom is 0.142 e. The molecule has 3 heteroatoms. The highest BCUT2D eigenvalue weighted by Crippen LogP contribution is 2.29. The van der Waals surface area contributed by atoms with E-state index < -0.39 is 0 Å². The molecule has 3 nitrogen and oxygen atoms in total. The molecule has 1 aliphatic rings. The quantitative estimate of drug-likeness (QED) is 0.883. The van der Waals surface area contributed by atoms with Crippen LogP contribution in [0.2, 0.25) is 0 Å². The Hall–Kier alpha value is -1.22. The van der Waals surface area contributed by atoms with E-state index in [1.54, 1.807) is 0 Å². The van der Waals surface area contributed by atoms with Crippen LogP contribution in [0.25, 0.3) is 0 Å². The minimum absolute atomic E-state index is 0.577. The molecular formula is C16H26N2O. The zero-order valence-corrected chi connectivity index (χ0v) is 12.4. The van der Waals surface area contributed by atoms with Gasteiger partial charge in [0.2, 0.25) is 0 Å². The molecule has 1 aromatic carbocycles. The van der Waals surface area contributed by atoms with Crippen molar-refractivity contribution in [3.8, 4) is 5.75 Å². The molecule has 0 bridgehead atoms. The number of rotatable bonds is 5. The number of nitrogens with one attached hydrogen (secondary N) is 1. The van der Waals surface area contributed by atoms with Crippen molar-refractivity contribution in [3.63, 3.8) is 0 Å². The molecule has 1 heterocycles. The van der Waals surface area contributed by atoms with E-state index in [-0.39, 0.29) is 0 Å². The Balaban J connectivity index is 2.12. The van der Waals surface area contributed by atoms with Crippen LogP contribution in [-0.2, 0) is 0 Å². The topological polar surface area (TPSA) is 24.5 Å². The molecular weight excluding hydrogens is 236 g/mol. The smallest absolute Gasteiger partial charge is 0.142 e. The van der Waals surface area contributed by atoms with Gasteiger partial charge in [-0.1, -0.05) is 32.4 Å². The Bertz CT molecular complexity index is 394. The number of benzene rings is 1. The first-order valence-electron chi connectivity index (χ1n) is 7.46. The van der Waals surface area contributed by atoms with Gasteiger partial charge in [0.05, 0.1) is 12.3 Å². The number of anilines is 1. The average molecular weight is 262 g/mol. The van der Waals surface area contributed by atoms with E-state index in [1.807, 2.05) is 13.0 Å². The summed E-state index contributed by atoms with van der Waals surface area (Å²) in [6.07, 6.45) is 1.22. The van der Waals surface area contributed by atoms with Crippen LogP contribution >= 0.6 is 0 Å². The second-order valence-electron chi connectivity index (χ2n) is 5.29. The highest BCUT2D eigenvalue weighted by atomic mass is 16.5. The molecule has 1 aliphatic heterocycles. The average Bonchev–Trinajstić information content (AvgIpc) is 2.47. The van der Waals surface area contributed by atoms with E-state index in [2.05, 4.69) is 42.3 Å². The van der Waals surface area contributed by atoms with Gasteiger partial charge in [-0.05, 0) is 25.0 Å². The Kier molecular flexibility index (Phi) is 5.08. The highest BCUT2D eigenvalue weighted by Gasteiger charge is 2.24. The third-order valence-electron chi connectivity index (χ3n) is 4.04. The van der Waals surface area contributed by atoms with Crippen molar-refractivity contribution in [3.05, 3.63) is 24.3 Å². The zero-order valence-electron chi connectivity index (χ0n) is 12.4. The fraction of sp³-hybridized carbons (Fsp3) is 0.625. The lowest BCUT2D eigenvalue weighted by atomic mass is 9.97. The summed E-state index contributed by atoms with van der Waals surface area (Å²) in [5.41, 5.74) is 1.24. The molecule has 0 aromatic heterocycles. The summed E-state index contributed by atoms with van der Waals surface area (Å²) in [6, 6.07) is 8.96. The van der Waals surface area contributed by atoms with Crippen LogP contribution in [0.3, 0.4) is 0 Å². The molecule has 2 rings (SSSR count). The SMILES string of the molecule is CCOc1ccccc1N1CCNC(C(C)CC)C1. The molecule has 106 valence electrons. The van der Waals surface area contributed by atoms with Gasteiger partial charge in [-0.25, -0.2) is 0 Å². The Morgan fingerprint density at radius 2 is 2.16 bits per heavy atom. The molecule has 0 spiro atoms. The van der Waals surface area contributed by atoms with Gasteiger partial charge in [-0.3, -0.25) is 0 Å². The summed E-state index contributed by atoms with van der Waals surface area (Å²) in [6.45, 7) is 10.5. The van der Waals surface area contributed by atoms with Crippen molar-refractivity contribution in [2.75, 3.05) is 31.1 Å². The van der Waals surface area contributed by atoms with Crippen LogP contribution in [0.1, 0.15) is 27.2 Å². The van der Waals surface area contributed by atoms with E-state index in [0.717, 1.165) is 32.0 Å². The molecule has 1 saturated heterocycles. The van der Waals surface area contributed by atoms with Crippen LogP contribution < -0.4 is 15.0 Å². The number of nitrogens with zero attached hydrogens (tertiary/aromatic N) is 1. The van der Waals surface area contributed by atoms with Gasteiger partial charge >= 0.3 is 0 Å². The van der Waals surface area contributed by atoms with Crippen molar-refractivity contribution >= 4 is 5.69 Å². The molecule has 2 atom stereocenters. The number of ether oxygens (including phenoxy) is 1. The molecule has 1 fully saturated rings. The summed E-state index contributed by atoms with van der Waals surface area (Å²) < 4.78 is 5.75. The maximum absolute atomic E-state index is 5.75. The Labute approximate surface area is 116 Å². The molecule has 0 saturated carbocycles. The van der Waals surface area contributed by atoms with E-state index in [4.69, 9.17) is 4.74 Å². The lowest BCUT2D eigenvalue weighted by molar-refractivity contribution is 0.327. The van der Waals surface area contributed by atoms with Crippen LogP contribution in [-0.4, -0.2) is 32.3 Å². The van der Waals surface area contributed by atoms with Crippen molar-refractivity contribution in [1.82, 2.24) is 5.32 Å². The third kappa shape index (κ3) is 3.41. The first kappa shape index (κ1) is 14.2. The van der Waals surface area contributed by atoms with Gasteiger partial charge in [-0.15, -0.1) is 0 Å².